The lowest BCUT2D eigenvalue weighted by Crippen LogP contribution is -2.33. The average Bonchev–Trinajstić information content (AvgIpc) is 3.00. The molecule has 0 bridgehead atoms. The van der Waals surface area contributed by atoms with Crippen LogP contribution in [0.4, 0.5) is 26.3 Å². The third-order valence-electron chi connectivity index (χ3n) is 2.70. The quantitative estimate of drug-likeness (QED) is 0.856. The van der Waals surface area contributed by atoms with Crippen LogP contribution in [0.15, 0.2) is 18.2 Å². The molecule has 2 heterocycles. The minimum atomic E-state index is -4.58. The van der Waals surface area contributed by atoms with E-state index in [1.807, 2.05) is 0 Å². The van der Waals surface area contributed by atoms with Gasteiger partial charge in [-0.1, -0.05) is 0 Å². The number of aryl methyl sites for hydroxylation is 1. The minimum absolute atomic E-state index is 0.0142. The van der Waals surface area contributed by atoms with Crippen LogP contribution in [0.3, 0.4) is 0 Å². The van der Waals surface area contributed by atoms with Gasteiger partial charge in [-0.25, -0.2) is 0 Å². The van der Waals surface area contributed by atoms with E-state index in [4.69, 9.17) is 0 Å². The van der Waals surface area contributed by atoms with Gasteiger partial charge in [0.1, 0.15) is 17.9 Å². The Balaban J connectivity index is 2.18. The summed E-state index contributed by atoms with van der Waals surface area (Å²) >= 11 is 0.755. The number of amides is 1. The fourth-order valence-corrected chi connectivity index (χ4v) is 2.60. The maximum absolute atomic E-state index is 12.7. The molecule has 0 saturated carbocycles. The number of carbonyl (C=O) groups excluding carboxylic acids is 1. The second-order valence-corrected chi connectivity index (χ2v) is 5.58. The molecule has 2 rings (SSSR count). The van der Waals surface area contributed by atoms with E-state index >= 15 is 0 Å². The number of nitrogens with zero attached hydrogens (tertiary/aromatic N) is 2. The zero-order valence-corrected chi connectivity index (χ0v) is 12.2. The van der Waals surface area contributed by atoms with Gasteiger partial charge in [0.25, 0.3) is 5.91 Å². The van der Waals surface area contributed by atoms with Crippen molar-refractivity contribution >= 4 is 17.2 Å². The van der Waals surface area contributed by atoms with Crippen molar-refractivity contribution in [2.45, 2.75) is 12.4 Å². The van der Waals surface area contributed by atoms with Crippen LogP contribution in [0.5, 0.6) is 0 Å². The predicted octanol–water partition coefficient (Wildman–Crippen LogP) is 3.46. The summed E-state index contributed by atoms with van der Waals surface area (Å²) in [5.74, 6) is -0.953. The van der Waals surface area contributed by atoms with Crippen molar-refractivity contribution in [3.63, 3.8) is 0 Å². The second kappa shape index (κ2) is 5.87. The first-order chi connectivity index (χ1) is 10.5. The molecule has 126 valence electrons. The Labute approximate surface area is 129 Å². The van der Waals surface area contributed by atoms with Crippen LogP contribution in [-0.4, -0.2) is 28.4 Å². The summed E-state index contributed by atoms with van der Waals surface area (Å²) in [6.07, 6.45) is -9.12. The van der Waals surface area contributed by atoms with E-state index in [1.54, 1.807) is 5.32 Å². The highest BCUT2D eigenvalue weighted by molar-refractivity contribution is 7.17. The standard InChI is InChI=1S/C12H9F6N3OS/c1-21-9(12(16,17)18)4-6(20-21)7-2-3-8(23-7)10(22)19-5-11(13,14)15/h2-4H,5H2,1H3,(H,19,22). The van der Waals surface area contributed by atoms with Crippen LogP contribution in [0.2, 0.25) is 0 Å². The molecule has 0 aliphatic rings. The molecule has 0 radical (unpaired) electrons. The topological polar surface area (TPSA) is 46.9 Å². The first-order valence-electron chi connectivity index (χ1n) is 6.04. The number of carbonyl (C=O) groups is 1. The Morgan fingerprint density at radius 2 is 1.91 bits per heavy atom. The molecule has 1 amide bonds. The molecule has 2 aromatic heterocycles. The number of halogens is 6. The molecule has 23 heavy (non-hydrogen) atoms. The molecule has 0 spiro atoms. The monoisotopic (exact) mass is 357 g/mol. The molecule has 0 saturated heterocycles. The number of rotatable bonds is 3. The van der Waals surface area contributed by atoms with E-state index in [9.17, 15) is 31.1 Å². The van der Waals surface area contributed by atoms with Gasteiger partial charge in [-0.15, -0.1) is 11.3 Å². The number of thiophene rings is 1. The van der Waals surface area contributed by atoms with Crippen molar-refractivity contribution in [3.05, 3.63) is 28.8 Å². The van der Waals surface area contributed by atoms with Gasteiger partial charge in [0.15, 0.2) is 0 Å². The van der Waals surface area contributed by atoms with Gasteiger partial charge < -0.3 is 5.32 Å². The molecule has 1 N–H and O–H groups in total. The molecule has 0 aromatic carbocycles. The fraction of sp³-hybridized carbons (Fsp3) is 0.333. The van der Waals surface area contributed by atoms with Crippen molar-refractivity contribution in [2.24, 2.45) is 7.05 Å². The van der Waals surface area contributed by atoms with Crippen LogP contribution in [-0.2, 0) is 13.2 Å². The lowest BCUT2D eigenvalue weighted by atomic mass is 10.3. The highest BCUT2D eigenvalue weighted by atomic mass is 32.1. The van der Waals surface area contributed by atoms with E-state index in [0.717, 1.165) is 24.5 Å². The van der Waals surface area contributed by atoms with Gasteiger partial charge in [-0.05, 0) is 18.2 Å². The molecule has 0 fully saturated rings. The van der Waals surface area contributed by atoms with Crippen LogP contribution in [0, 0.1) is 0 Å². The lowest BCUT2D eigenvalue weighted by molar-refractivity contribution is -0.143. The third kappa shape index (κ3) is 4.24. The van der Waals surface area contributed by atoms with Gasteiger partial charge in [-0.3, -0.25) is 9.48 Å². The summed E-state index contributed by atoms with van der Waals surface area (Å²) in [6.45, 7) is -1.49. The number of aromatic nitrogens is 2. The first kappa shape index (κ1) is 17.3. The maximum atomic E-state index is 12.7. The fourth-order valence-electron chi connectivity index (χ4n) is 1.72. The van der Waals surface area contributed by atoms with Gasteiger partial charge in [0, 0.05) is 7.05 Å². The van der Waals surface area contributed by atoms with Crippen molar-refractivity contribution in [3.8, 4) is 10.6 Å². The molecule has 0 atom stereocenters. The van der Waals surface area contributed by atoms with Crippen molar-refractivity contribution in [1.82, 2.24) is 15.1 Å². The van der Waals surface area contributed by atoms with E-state index in [2.05, 4.69) is 5.10 Å². The number of hydrogen-bond donors (Lipinski definition) is 1. The second-order valence-electron chi connectivity index (χ2n) is 4.50. The number of hydrogen-bond acceptors (Lipinski definition) is 3. The largest absolute Gasteiger partial charge is 0.433 e. The normalized spacial score (nSPS) is 12.5. The number of alkyl halides is 6. The van der Waals surface area contributed by atoms with Crippen LogP contribution >= 0.6 is 11.3 Å². The molecule has 2 aromatic rings. The van der Waals surface area contributed by atoms with E-state index in [-0.39, 0.29) is 15.4 Å². The summed E-state index contributed by atoms with van der Waals surface area (Å²) in [5.41, 5.74) is -0.983. The average molecular weight is 357 g/mol. The molecule has 11 heteroatoms. The highest BCUT2D eigenvalue weighted by Gasteiger charge is 2.35. The lowest BCUT2D eigenvalue weighted by Gasteiger charge is -2.06. The van der Waals surface area contributed by atoms with E-state index in [1.165, 1.54) is 12.1 Å². The van der Waals surface area contributed by atoms with Gasteiger partial charge in [0.2, 0.25) is 0 Å². The summed E-state index contributed by atoms with van der Waals surface area (Å²) in [7, 11) is 1.12. The predicted molar refractivity (Wildman–Crippen MR) is 69.9 cm³/mol. The molecular weight excluding hydrogens is 348 g/mol. The van der Waals surface area contributed by atoms with E-state index < -0.39 is 30.5 Å². The van der Waals surface area contributed by atoms with Gasteiger partial charge >= 0.3 is 12.4 Å². The molecule has 0 unspecified atom stereocenters. The smallest absolute Gasteiger partial charge is 0.342 e. The zero-order chi connectivity index (χ0) is 17.4. The third-order valence-corrected chi connectivity index (χ3v) is 3.81. The Morgan fingerprint density at radius 1 is 1.26 bits per heavy atom. The van der Waals surface area contributed by atoms with Crippen LogP contribution in [0.1, 0.15) is 15.4 Å². The Kier molecular flexibility index (Phi) is 4.42. The Morgan fingerprint density at radius 3 is 2.43 bits per heavy atom. The molecular formula is C12H9F6N3OS. The Bertz CT molecular complexity index is 715. The van der Waals surface area contributed by atoms with Crippen molar-refractivity contribution in [2.75, 3.05) is 6.54 Å². The summed E-state index contributed by atoms with van der Waals surface area (Å²) in [4.78, 5) is 11.8. The number of nitrogens with one attached hydrogen (secondary N) is 1. The van der Waals surface area contributed by atoms with Gasteiger partial charge in [0.05, 0.1) is 9.75 Å². The Hall–Kier alpha value is -2.04. The minimum Gasteiger partial charge on any atom is -0.342 e. The highest BCUT2D eigenvalue weighted by Crippen LogP contribution is 2.34. The van der Waals surface area contributed by atoms with Crippen molar-refractivity contribution < 1.29 is 31.1 Å². The van der Waals surface area contributed by atoms with Gasteiger partial charge in [-0.2, -0.15) is 31.4 Å². The van der Waals surface area contributed by atoms with Crippen LogP contribution < -0.4 is 5.32 Å². The summed E-state index contributed by atoms with van der Waals surface area (Å²) in [6, 6.07) is 3.37. The SMILES string of the molecule is Cn1nc(-c2ccc(C(=O)NCC(F)(F)F)s2)cc1C(F)(F)F. The maximum Gasteiger partial charge on any atom is 0.433 e. The van der Waals surface area contributed by atoms with Crippen molar-refractivity contribution in [1.29, 1.82) is 0 Å². The van der Waals surface area contributed by atoms with Crippen LogP contribution in [0.25, 0.3) is 10.6 Å². The molecule has 0 aliphatic carbocycles. The zero-order valence-electron chi connectivity index (χ0n) is 11.4. The molecule has 4 nitrogen and oxygen atoms in total. The summed E-state index contributed by atoms with van der Waals surface area (Å²) in [5, 5.41) is 5.39. The summed E-state index contributed by atoms with van der Waals surface area (Å²) < 4.78 is 74.8. The first-order valence-corrected chi connectivity index (χ1v) is 6.85. The molecule has 0 aliphatic heterocycles. The van der Waals surface area contributed by atoms with E-state index in [0.29, 0.717) is 4.68 Å².